The van der Waals surface area contributed by atoms with E-state index in [9.17, 15) is 19.2 Å². The molecule has 0 fully saturated rings. The number of hydrogen-bond donors (Lipinski definition) is 0. The molecule has 0 unspecified atom stereocenters. The number of likely N-dealkylation sites (N-methyl/N-ethyl adjacent to an activating group) is 1. The quantitative estimate of drug-likeness (QED) is 0.0671. The summed E-state index contributed by atoms with van der Waals surface area (Å²) < 4.78 is 6.29. The van der Waals surface area contributed by atoms with Crippen molar-refractivity contribution >= 4 is 66.7 Å². The van der Waals surface area contributed by atoms with Crippen LogP contribution in [0.25, 0.3) is 43.1 Å². The summed E-state index contributed by atoms with van der Waals surface area (Å²) in [5.74, 6) is -1.13. The third kappa shape index (κ3) is 4.19. The molecule has 0 aliphatic carbocycles. The van der Waals surface area contributed by atoms with E-state index < -0.39 is 0 Å². The summed E-state index contributed by atoms with van der Waals surface area (Å²) in [6, 6.07) is 15.0. The summed E-state index contributed by atoms with van der Waals surface area (Å²) in [6.45, 7) is 4.58. The number of amides is 4. The van der Waals surface area contributed by atoms with Crippen LogP contribution >= 0.6 is 0 Å². The van der Waals surface area contributed by atoms with Gasteiger partial charge in [0.2, 0.25) is 0 Å². The molecule has 0 aromatic heterocycles. The van der Waals surface area contributed by atoms with E-state index in [1.807, 2.05) is 69.7 Å². The minimum atomic E-state index is -0.291. The van der Waals surface area contributed by atoms with Crippen LogP contribution in [0.5, 0.6) is 0 Å². The lowest BCUT2D eigenvalue weighted by Crippen LogP contribution is -2.47. The average Bonchev–Trinajstić information content (AvgIpc) is 3.00. The summed E-state index contributed by atoms with van der Waals surface area (Å²) in [4.78, 5) is 57.4. The Balaban J connectivity index is 1.35. The van der Waals surface area contributed by atoms with Crippen LogP contribution < -0.4 is 0 Å². The monoisotopic (exact) mass is 590 g/mol. The van der Waals surface area contributed by atoms with Gasteiger partial charge in [0, 0.05) is 52.8 Å². The SMILES string of the molecule is CCCCOCCCN1C(=O)c2ccc3c4ccc5c6c(ccc(c7ccc(c2c37)C1=O)c64)C(=O)N(CC[N+](C)(C)C)C5=O. The molecule has 44 heavy (non-hydrogen) atoms. The standard InChI is InChI=1S/C36H36N3O5/c1-5-6-19-44-20-7-16-37-33(40)25-12-8-21-23-10-14-27-32-28(36(43)38(35(27)42)17-18-39(2,3)4)15-11-24(30(23)32)22-9-13-26(34(37)41)31(25)29(21)22/h8-15H,5-7,16-20H2,1-4H3/q+1. The Kier molecular flexibility index (Phi) is 6.68. The fraction of sp³-hybridized carbons (Fsp3) is 0.333. The summed E-state index contributed by atoms with van der Waals surface area (Å²) >= 11 is 0. The maximum absolute atomic E-state index is 13.7. The molecule has 0 saturated heterocycles. The topological polar surface area (TPSA) is 84.0 Å². The number of rotatable bonds is 10. The molecule has 2 aliphatic heterocycles. The maximum atomic E-state index is 13.7. The van der Waals surface area contributed by atoms with Gasteiger partial charge in [-0.15, -0.1) is 0 Å². The fourth-order valence-corrected chi connectivity index (χ4v) is 6.85. The van der Waals surface area contributed by atoms with Crippen molar-refractivity contribution < 1.29 is 28.4 Å². The van der Waals surface area contributed by atoms with Crippen LogP contribution in [0.3, 0.4) is 0 Å². The van der Waals surface area contributed by atoms with Crippen molar-refractivity contribution in [3.8, 4) is 0 Å². The number of unbranched alkanes of at least 4 members (excludes halogenated alkanes) is 1. The number of fused-ring (bicyclic) bond motifs is 2. The van der Waals surface area contributed by atoms with Crippen LogP contribution in [0.15, 0.2) is 48.5 Å². The predicted molar refractivity (Wildman–Crippen MR) is 172 cm³/mol. The zero-order valence-corrected chi connectivity index (χ0v) is 25.7. The largest absolute Gasteiger partial charge is 0.381 e. The third-order valence-electron chi connectivity index (χ3n) is 9.11. The van der Waals surface area contributed by atoms with Gasteiger partial charge in [0.1, 0.15) is 0 Å². The minimum Gasteiger partial charge on any atom is -0.381 e. The Hall–Kier alpha value is -4.40. The molecule has 5 aromatic rings. The molecule has 8 heteroatoms. The summed E-state index contributed by atoms with van der Waals surface area (Å²) in [5.41, 5.74) is 2.07. The first-order valence-electron chi connectivity index (χ1n) is 15.4. The Labute approximate surface area is 255 Å². The molecule has 4 amide bonds. The van der Waals surface area contributed by atoms with Gasteiger partial charge >= 0.3 is 0 Å². The number of hydrogen-bond acceptors (Lipinski definition) is 5. The van der Waals surface area contributed by atoms with Crippen molar-refractivity contribution in [2.24, 2.45) is 0 Å². The number of benzene rings is 5. The zero-order valence-electron chi connectivity index (χ0n) is 25.7. The number of imide groups is 2. The summed E-state index contributed by atoms with van der Waals surface area (Å²) in [6.07, 6.45) is 2.63. The molecule has 0 bridgehead atoms. The number of ether oxygens (including phenoxy) is 1. The molecule has 0 radical (unpaired) electrons. The molecule has 0 N–H and O–H groups in total. The molecular formula is C36H36N3O5+. The molecule has 5 aromatic carbocycles. The average molecular weight is 591 g/mol. The first-order chi connectivity index (χ1) is 21.1. The first-order valence-corrected chi connectivity index (χ1v) is 15.4. The molecule has 2 aliphatic rings. The molecule has 7 rings (SSSR count). The molecule has 8 nitrogen and oxygen atoms in total. The maximum Gasteiger partial charge on any atom is 0.261 e. The molecule has 0 spiro atoms. The van der Waals surface area contributed by atoms with Crippen molar-refractivity contribution in [1.82, 2.24) is 9.80 Å². The summed E-state index contributed by atoms with van der Waals surface area (Å²) in [5, 5.41) is 6.63. The van der Waals surface area contributed by atoms with Gasteiger partial charge in [0.15, 0.2) is 0 Å². The van der Waals surface area contributed by atoms with Crippen molar-refractivity contribution in [3.63, 3.8) is 0 Å². The van der Waals surface area contributed by atoms with Crippen LogP contribution in [0.4, 0.5) is 0 Å². The molecule has 0 saturated carbocycles. The molecule has 0 atom stereocenters. The Morgan fingerprint density at radius 3 is 1.32 bits per heavy atom. The second-order valence-electron chi connectivity index (χ2n) is 13.0. The number of nitrogens with zero attached hydrogens (tertiary/aromatic N) is 3. The van der Waals surface area contributed by atoms with Gasteiger partial charge in [0.05, 0.1) is 34.2 Å². The first kappa shape index (κ1) is 28.4. The normalized spacial score (nSPS) is 15.3. The lowest BCUT2D eigenvalue weighted by atomic mass is 9.82. The van der Waals surface area contributed by atoms with Gasteiger partial charge < -0.3 is 9.22 Å². The highest BCUT2D eigenvalue weighted by Gasteiger charge is 2.37. The van der Waals surface area contributed by atoms with E-state index in [-0.39, 0.29) is 23.6 Å². The Bertz CT molecular complexity index is 1920. The van der Waals surface area contributed by atoms with Crippen LogP contribution in [0.2, 0.25) is 0 Å². The van der Waals surface area contributed by atoms with E-state index in [2.05, 4.69) is 6.92 Å². The van der Waals surface area contributed by atoms with E-state index >= 15 is 0 Å². The van der Waals surface area contributed by atoms with Crippen LogP contribution in [0.1, 0.15) is 67.6 Å². The fourth-order valence-electron chi connectivity index (χ4n) is 6.85. The Morgan fingerprint density at radius 1 is 0.545 bits per heavy atom. The van der Waals surface area contributed by atoms with Crippen molar-refractivity contribution in [1.29, 1.82) is 0 Å². The minimum absolute atomic E-state index is 0.275. The van der Waals surface area contributed by atoms with Gasteiger partial charge in [-0.3, -0.25) is 29.0 Å². The Morgan fingerprint density at radius 2 is 0.932 bits per heavy atom. The number of carbonyl (C=O) groups is 4. The summed E-state index contributed by atoms with van der Waals surface area (Å²) in [7, 11) is 6.11. The van der Waals surface area contributed by atoms with Crippen molar-refractivity contribution in [2.75, 3.05) is 54.0 Å². The molecule has 2 heterocycles. The lowest BCUT2D eigenvalue weighted by Gasteiger charge is -2.32. The van der Waals surface area contributed by atoms with E-state index in [1.54, 1.807) is 0 Å². The smallest absolute Gasteiger partial charge is 0.261 e. The van der Waals surface area contributed by atoms with Gasteiger partial charge in [0.25, 0.3) is 23.6 Å². The zero-order chi connectivity index (χ0) is 30.9. The van der Waals surface area contributed by atoms with Crippen molar-refractivity contribution in [3.05, 3.63) is 70.8 Å². The number of quaternary nitrogens is 1. The van der Waals surface area contributed by atoms with Gasteiger partial charge in [-0.1, -0.05) is 37.6 Å². The highest BCUT2D eigenvalue weighted by molar-refractivity contribution is 6.41. The second-order valence-corrected chi connectivity index (χ2v) is 13.0. The highest BCUT2D eigenvalue weighted by Crippen LogP contribution is 2.46. The van der Waals surface area contributed by atoms with Crippen molar-refractivity contribution in [2.45, 2.75) is 26.2 Å². The van der Waals surface area contributed by atoms with Gasteiger partial charge in [-0.2, -0.15) is 0 Å². The van der Waals surface area contributed by atoms with E-state index in [1.165, 1.54) is 9.80 Å². The van der Waals surface area contributed by atoms with E-state index in [0.29, 0.717) is 76.8 Å². The van der Waals surface area contributed by atoms with E-state index in [4.69, 9.17) is 4.74 Å². The predicted octanol–water partition coefficient (Wildman–Crippen LogP) is 5.84. The van der Waals surface area contributed by atoms with Crippen LogP contribution in [-0.4, -0.2) is 91.9 Å². The molecular weight excluding hydrogens is 554 g/mol. The highest BCUT2D eigenvalue weighted by atomic mass is 16.5. The molecule has 224 valence electrons. The second kappa shape index (κ2) is 10.4. The van der Waals surface area contributed by atoms with E-state index in [0.717, 1.165) is 45.2 Å². The lowest BCUT2D eigenvalue weighted by molar-refractivity contribution is -0.869. The number of carbonyl (C=O) groups excluding carboxylic acids is 4. The van der Waals surface area contributed by atoms with Crippen LogP contribution in [-0.2, 0) is 4.74 Å². The van der Waals surface area contributed by atoms with Crippen LogP contribution in [0, 0.1) is 0 Å². The third-order valence-corrected chi connectivity index (χ3v) is 9.11. The van der Waals surface area contributed by atoms with Gasteiger partial charge in [-0.25, -0.2) is 0 Å². The van der Waals surface area contributed by atoms with Gasteiger partial charge in [-0.05, 0) is 69.4 Å².